The Morgan fingerprint density at radius 3 is 2.15 bits per heavy atom. The van der Waals surface area contributed by atoms with Crippen LogP contribution in [0.25, 0.3) is 0 Å². The summed E-state index contributed by atoms with van der Waals surface area (Å²) in [7, 11) is 0. The molecule has 1 aliphatic heterocycles. The number of fused-ring (bicyclic) bond motifs is 1. The third-order valence-electron chi connectivity index (χ3n) is 8.71. The topological polar surface area (TPSA) is 163 Å². The molecule has 5 atom stereocenters. The van der Waals surface area contributed by atoms with Crippen molar-refractivity contribution in [2.24, 2.45) is 22.7 Å². The van der Waals surface area contributed by atoms with Crippen molar-refractivity contribution in [2.75, 3.05) is 13.1 Å². The molecule has 3 rings (SSSR count). The fraction of sp³-hybridized carbons (Fsp3) is 0.647. The first kappa shape index (κ1) is 36.5. The number of amides is 5. The van der Waals surface area contributed by atoms with E-state index in [1.165, 1.54) is 4.90 Å². The van der Waals surface area contributed by atoms with Crippen LogP contribution in [0.4, 0.5) is 4.79 Å². The standard InChI is InChI=1S/C34H51N5O7/c1-10-14-22(26(41)29(43)36-18-23(40)35-17-20-15-12-11-13-16-20)37-28(42)25-24-21(34(24,8)9)19-39(25)30(44)27(32(2,3)4)38-31(45)46-33(5,6)7/h11-13,15-16,21-22,24-25,27H,10,14,17-19H2,1-9H3,(H,35,40)(H,36,43)(H,37,42)(H,38,45)/t21-,22?,24-,25-,27?/m0/s1. The molecule has 0 radical (unpaired) electrons. The Bertz CT molecular complexity index is 1320. The molecule has 2 unspecified atom stereocenters. The minimum Gasteiger partial charge on any atom is -0.444 e. The van der Waals surface area contributed by atoms with Gasteiger partial charge in [-0.3, -0.25) is 24.0 Å². The fourth-order valence-electron chi connectivity index (χ4n) is 6.13. The van der Waals surface area contributed by atoms with E-state index < -0.39 is 71.2 Å². The number of benzene rings is 1. The summed E-state index contributed by atoms with van der Waals surface area (Å²) in [4.78, 5) is 80.4. The number of ether oxygens (including phenoxy) is 1. The highest BCUT2D eigenvalue weighted by molar-refractivity contribution is 6.38. The molecule has 46 heavy (non-hydrogen) atoms. The second kappa shape index (κ2) is 14.2. The highest BCUT2D eigenvalue weighted by atomic mass is 16.6. The number of nitrogens with one attached hydrogen (secondary N) is 4. The zero-order valence-corrected chi connectivity index (χ0v) is 28.6. The average Bonchev–Trinajstić information content (AvgIpc) is 3.27. The summed E-state index contributed by atoms with van der Waals surface area (Å²) in [6.07, 6.45) is -0.0424. The van der Waals surface area contributed by atoms with Gasteiger partial charge in [-0.1, -0.05) is 78.3 Å². The van der Waals surface area contributed by atoms with Crippen LogP contribution in [0.1, 0.15) is 80.7 Å². The second-order valence-corrected chi connectivity index (χ2v) is 15.0. The Morgan fingerprint density at radius 2 is 1.59 bits per heavy atom. The lowest BCUT2D eigenvalue weighted by atomic mass is 9.85. The number of likely N-dealkylation sites (tertiary alicyclic amines) is 1. The first-order chi connectivity index (χ1) is 21.3. The van der Waals surface area contributed by atoms with Crippen molar-refractivity contribution in [2.45, 2.75) is 105 Å². The predicted molar refractivity (Wildman–Crippen MR) is 172 cm³/mol. The molecule has 1 aromatic carbocycles. The lowest BCUT2D eigenvalue weighted by Gasteiger charge is -2.38. The van der Waals surface area contributed by atoms with E-state index in [0.29, 0.717) is 13.0 Å². The van der Waals surface area contributed by atoms with Gasteiger partial charge in [-0.05, 0) is 55.4 Å². The van der Waals surface area contributed by atoms with Crippen LogP contribution < -0.4 is 21.3 Å². The van der Waals surface area contributed by atoms with Crippen LogP contribution in [-0.2, 0) is 35.3 Å². The third-order valence-corrected chi connectivity index (χ3v) is 8.71. The lowest BCUT2D eigenvalue weighted by molar-refractivity contribution is -0.145. The number of nitrogens with zero attached hydrogens (tertiary/aromatic N) is 1. The van der Waals surface area contributed by atoms with E-state index in [1.54, 1.807) is 20.8 Å². The minimum absolute atomic E-state index is 0.0624. The van der Waals surface area contributed by atoms with Gasteiger partial charge in [0.2, 0.25) is 23.5 Å². The third kappa shape index (κ3) is 9.07. The normalized spacial score (nSPS) is 21.2. The van der Waals surface area contributed by atoms with Crippen LogP contribution >= 0.6 is 0 Å². The summed E-state index contributed by atoms with van der Waals surface area (Å²) in [6.45, 7) is 16.7. The molecular weight excluding hydrogens is 590 g/mol. The molecule has 0 bridgehead atoms. The number of hydrogen-bond donors (Lipinski definition) is 4. The van der Waals surface area contributed by atoms with Crippen molar-refractivity contribution in [3.8, 4) is 0 Å². The number of carbonyl (C=O) groups excluding carboxylic acids is 6. The van der Waals surface area contributed by atoms with Gasteiger partial charge in [0, 0.05) is 13.1 Å². The molecule has 254 valence electrons. The van der Waals surface area contributed by atoms with E-state index in [1.807, 2.05) is 71.9 Å². The molecule has 1 saturated carbocycles. The Kier molecular flexibility index (Phi) is 11.3. The molecule has 0 spiro atoms. The second-order valence-electron chi connectivity index (χ2n) is 15.0. The van der Waals surface area contributed by atoms with E-state index in [-0.39, 0.29) is 30.2 Å². The van der Waals surface area contributed by atoms with Gasteiger partial charge in [0.05, 0.1) is 12.6 Å². The highest BCUT2D eigenvalue weighted by Gasteiger charge is 2.70. The van der Waals surface area contributed by atoms with Gasteiger partial charge in [-0.15, -0.1) is 0 Å². The molecule has 5 amide bonds. The van der Waals surface area contributed by atoms with E-state index in [9.17, 15) is 28.8 Å². The molecule has 4 N–H and O–H groups in total. The summed E-state index contributed by atoms with van der Waals surface area (Å²) in [5.41, 5.74) is -0.789. The Hall–Kier alpha value is -3.96. The quantitative estimate of drug-likeness (QED) is 0.255. The molecule has 12 heteroatoms. The molecule has 1 saturated heterocycles. The summed E-state index contributed by atoms with van der Waals surface area (Å²) in [6, 6.07) is 6.25. The molecule has 0 aromatic heterocycles. The predicted octanol–water partition coefficient (Wildman–Crippen LogP) is 2.70. The van der Waals surface area contributed by atoms with Gasteiger partial charge < -0.3 is 30.9 Å². The van der Waals surface area contributed by atoms with Gasteiger partial charge in [0.1, 0.15) is 17.7 Å². The number of rotatable bonds is 12. The summed E-state index contributed by atoms with van der Waals surface area (Å²) in [5, 5.41) is 10.5. The van der Waals surface area contributed by atoms with Crippen LogP contribution in [-0.4, -0.2) is 77.2 Å². The van der Waals surface area contributed by atoms with Crippen molar-refractivity contribution in [1.29, 1.82) is 0 Å². The number of carbonyl (C=O) groups is 6. The number of alkyl carbamates (subject to hydrolysis) is 1. The SMILES string of the molecule is CCCC(NC(=O)[C@@H]1[C@@H]2[C@H](CN1C(=O)C(NC(=O)OC(C)(C)C)C(C)(C)C)C2(C)C)C(=O)C(=O)NCC(=O)NCc1ccccc1. The maximum Gasteiger partial charge on any atom is 0.408 e. The Labute approximate surface area is 272 Å². The fourth-order valence-corrected chi connectivity index (χ4v) is 6.13. The first-order valence-electron chi connectivity index (χ1n) is 16.0. The molecule has 1 heterocycles. The largest absolute Gasteiger partial charge is 0.444 e. The highest BCUT2D eigenvalue weighted by Crippen LogP contribution is 2.65. The summed E-state index contributed by atoms with van der Waals surface area (Å²) < 4.78 is 5.41. The molecule has 2 aliphatic rings. The van der Waals surface area contributed by atoms with E-state index in [2.05, 4.69) is 21.3 Å². The van der Waals surface area contributed by atoms with Crippen molar-refractivity contribution >= 4 is 35.5 Å². The number of Topliss-reactive ketones (excluding diaryl/α,β-unsaturated/α-hetero) is 1. The summed E-state index contributed by atoms with van der Waals surface area (Å²) >= 11 is 0. The van der Waals surface area contributed by atoms with Gasteiger partial charge in [-0.2, -0.15) is 0 Å². The number of hydrogen-bond acceptors (Lipinski definition) is 7. The molecule has 1 aromatic rings. The Morgan fingerprint density at radius 1 is 0.957 bits per heavy atom. The maximum atomic E-state index is 14.0. The van der Waals surface area contributed by atoms with Gasteiger partial charge in [-0.25, -0.2) is 4.79 Å². The number of ketones is 1. The van der Waals surface area contributed by atoms with Crippen molar-refractivity contribution in [3.05, 3.63) is 35.9 Å². The molecule has 12 nitrogen and oxygen atoms in total. The summed E-state index contributed by atoms with van der Waals surface area (Å²) in [5.74, 6) is -3.35. The molecule has 2 fully saturated rings. The maximum absolute atomic E-state index is 14.0. The lowest BCUT2D eigenvalue weighted by Crippen LogP contribution is -2.60. The minimum atomic E-state index is -1.14. The molecule has 1 aliphatic carbocycles. The van der Waals surface area contributed by atoms with Crippen molar-refractivity contribution < 1.29 is 33.5 Å². The number of piperidine rings is 1. The average molecular weight is 642 g/mol. The smallest absolute Gasteiger partial charge is 0.408 e. The van der Waals surface area contributed by atoms with Crippen molar-refractivity contribution in [3.63, 3.8) is 0 Å². The first-order valence-corrected chi connectivity index (χ1v) is 16.0. The van der Waals surface area contributed by atoms with Gasteiger partial charge in [0.25, 0.3) is 5.91 Å². The van der Waals surface area contributed by atoms with Gasteiger partial charge >= 0.3 is 6.09 Å². The van der Waals surface area contributed by atoms with E-state index >= 15 is 0 Å². The van der Waals surface area contributed by atoms with Crippen LogP contribution in [0.5, 0.6) is 0 Å². The zero-order chi connectivity index (χ0) is 34.6. The monoisotopic (exact) mass is 641 g/mol. The Balaban J connectivity index is 1.70. The van der Waals surface area contributed by atoms with Gasteiger partial charge in [0.15, 0.2) is 0 Å². The van der Waals surface area contributed by atoms with Crippen LogP contribution in [0.2, 0.25) is 0 Å². The van der Waals surface area contributed by atoms with Crippen LogP contribution in [0.3, 0.4) is 0 Å². The van der Waals surface area contributed by atoms with Crippen LogP contribution in [0, 0.1) is 22.7 Å². The van der Waals surface area contributed by atoms with Crippen LogP contribution in [0.15, 0.2) is 30.3 Å². The zero-order valence-electron chi connectivity index (χ0n) is 28.6. The van der Waals surface area contributed by atoms with E-state index in [0.717, 1.165) is 5.56 Å². The van der Waals surface area contributed by atoms with Crippen molar-refractivity contribution in [1.82, 2.24) is 26.2 Å². The van der Waals surface area contributed by atoms with E-state index in [4.69, 9.17) is 4.74 Å². The molecular formula is C34H51N5O7.